The highest BCUT2D eigenvalue weighted by Crippen LogP contribution is 2.24. The van der Waals surface area contributed by atoms with Crippen LogP contribution in [0, 0.1) is 17.7 Å². The number of piperazine rings is 1. The summed E-state index contributed by atoms with van der Waals surface area (Å²) >= 11 is 0. The largest absolute Gasteiger partial charge is 0.366 e. The zero-order valence-electron chi connectivity index (χ0n) is 17.0. The first-order valence-corrected chi connectivity index (χ1v) is 10.6. The first kappa shape index (κ1) is 20.6. The maximum absolute atomic E-state index is 14.0. The van der Waals surface area contributed by atoms with Crippen molar-refractivity contribution in [3.05, 3.63) is 30.1 Å². The summed E-state index contributed by atoms with van der Waals surface area (Å²) < 4.78 is 14.0. The fourth-order valence-corrected chi connectivity index (χ4v) is 4.22. The van der Waals surface area contributed by atoms with Crippen LogP contribution in [0.3, 0.4) is 0 Å². The third-order valence-electron chi connectivity index (χ3n) is 5.99. The van der Waals surface area contributed by atoms with Crippen molar-refractivity contribution >= 4 is 17.5 Å². The van der Waals surface area contributed by atoms with Crippen molar-refractivity contribution < 1.29 is 14.0 Å². The zero-order valence-corrected chi connectivity index (χ0v) is 17.0. The van der Waals surface area contributed by atoms with E-state index in [1.807, 2.05) is 29.7 Å². The quantitative estimate of drug-likeness (QED) is 0.841. The SMILES string of the molecule is CC(C)[C@@H](NC(=O)C1CCCCC1)C(=O)N1CCN(c2ccccc2F)CC1. The van der Waals surface area contributed by atoms with E-state index >= 15 is 0 Å². The van der Waals surface area contributed by atoms with Crippen LogP contribution in [0.5, 0.6) is 0 Å². The van der Waals surface area contributed by atoms with Crippen LogP contribution in [0.2, 0.25) is 0 Å². The molecule has 0 unspecified atom stereocenters. The van der Waals surface area contributed by atoms with Crippen LogP contribution in [0.1, 0.15) is 46.0 Å². The number of carbonyl (C=O) groups is 2. The number of rotatable bonds is 5. The van der Waals surface area contributed by atoms with E-state index in [4.69, 9.17) is 0 Å². The van der Waals surface area contributed by atoms with Crippen molar-refractivity contribution in [3.63, 3.8) is 0 Å². The Hall–Kier alpha value is -2.11. The maximum atomic E-state index is 14.0. The number of amides is 2. The van der Waals surface area contributed by atoms with Gasteiger partial charge in [-0.25, -0.2) is 4.39 Å². The molecular formula is C22H32FN3O2. The molecule has 0 radical (unpaired) electrons. The summed E-state index contributed by atoms with van der Waals surface area (Å²) in [5, 5.41) is 3.03. The normalized spacial score (nSPS) is 19.6. The Kier molecular flexibility index (Phi) is 6.92. The van der Waals surface area contributed by atoms with Crippen molar-refractivity contribution in [1.82, 2.24) is 10.2 Å². The van der Waals surface area contributed by atoms with E-state index in [0.29, 0.717) is 31.9 Å². The number of carbonyl (C=O) groups excluding carboxylic acids is 2. The molecule has 6 heteroatoms. The number of anilines is 1. The van der Waals surface area contributed by atoms with Gasteiger partial charge in [-0.05, 0) is 30.9 Å². The highest BCUT2D eigenvalue weighted by molar-refractivity contribution is 5.89. The van der Waals surface area contributed by atoms with E-state index < -0.39 is 6.04 Å². The van der Waals surface area contributed by atoms with Crippen LogP contribution < -0.4 is 10.2 Å². The molecule has 1 aromatic carbocycles. The van der Waals surface area contributed by atoms with E-state index in [9.17, 15) is 14.0 Å². The lowest BCUT2D eigenvalue weighted by molar-refractivity contribution is -0.139. The van der Waals surface area contributed by atoms with E-state index in [2.05, 4.69) is 5.32 Å². The maximum Gasteiger partial charge on any atom is 0.245 e. The number of halogens is 1. The highest BCUT2D eigenvalue weighted by atomic mass is 19.1. The second kappa shape index (κ2) is 9.39. The lowest BCUT2D eigenvalue weighted by Crippen LogP contribution is -2.57. The molecule has 2 fully saturated rings. The van der Waals surface area contributed by atoms with Gasteiger partial charge in [0.2, 0.25) is 11.8 Å². The fourth-order valence-electron chi connectivity index (χ4n) is 4.22. The lowest BCUT2D eigenvalue weighted by atomic mass is 9.88. The Morgan fingerprint density at radius 1 is 1.04 bits per heavy atom. The molecule has 5 nitrogen and oxygen atoms in total. The molecule has 0 spiro atoms. The topological polar surface area (TPSA) is 52.7 Å². The second-order valence-corrected chi connectivity index (χ2v) is 8.33. The summed E-state index contributed by atoms with van der Waals surface area (Å²) in [5.74, 6) is -0.156. The standard InChI is InChI=1S/C22H32FN3O2/c1-16(2)20(24-21(27)17-8-4-3-5-9-17)22(28)26-14-12-25(13-15-26)19-11-7-6-10-18(19)23/h6-7,10-11,16-17,20H,3-5,8-9,12-15H2,1-2H3,(H,24,27)/t20-/m1/s1. The lowest BCUT2D eigenvalue weighted by Gasteiger charge is -2.38. The number of para-hydroxylation sites is 1. The van der Waals surface area contributed by atoms with E-state index in [0.717, 1.165) is 25.7 Å². The van der Waals surface area contributed by atoms with Crippen LogP contribution in [-0.2, 0) is 9.59 Å². The molecule has 2 amide bonds. The summed E-state index contributed by atoms with van der Waals surface area (Å²) in [4.78, 5) is 29.5. The minimum Gasteiger partial charge on any atom is -0.366 e. The van der Waals surface area contributed by atoms with Crippen LogP contribution in [-0.4, -0.2) is 48.9 Å². The number of benzene rings is 1. The van der Waals surface area contributed by atoms with Crippen LogP contribution in [0.15, 0.2) is 24.3 Å². The van der Waals surface area contributed by atoms with Gasteiger partial charge in [0.25, 0.3) is 0 Å². The number of nitrogens with one attached hydrogen (secondary N) is 1. The molecule has 0 bridgehead atoms. The van der Waals surface area contributed by atoms with Crippen molar-refractivity contribution in [2.24, 2.45) is 11.8 Å². The van der Waals surface area contributed by atoms with Crippen LogP contribution in [0.25, 0.3) is 0 Å². The monoisotopic (exact) mass is 389 g/mol. The van der Waals surface area contributed by atoms with Gasteiger partial charge in [0, 0.05) is 32.1 Å². The first-order valence-electron chi connectivity index (χ1n) is 10.6. The van der Waals surface area contributed by atoms with Crippen molar-refractivity contribution in [1.29, 1.82) is 0 Å². The van der Waals surface area contributed by atoms with Gasteiger partial charge >= 0.3 is 0 Å². The van der Waals surface area contributed by atoms with Gasteiger partial charge in [0.05, 0.1) is 5.69 Å². The first-order chi connectivity index (χ1) is 13.5. The molecule has 1 saturated heterocycles. The van der Waals surface area contributed by atoms with E-state index in [1.165, 1.54) is 12.5 Å². The summed E-state index contributed by atoms with van der Waals surface area (Å²) in [6, 6.07) is 6.25. The van der Waals surface area contributed by atoms with Gasteiger partial charge < -0.3 is 15.1 Å². The molecule has 1 heterocycles. The Morgan fingerprint density at radius 2 is 1.68 bits per heavy atom. The summed E-state index contributed by atoms with van der Waals surface area (Å²) in [7, 11) is 0. The average Bonchev–Trinajstić information content (AvgIpc) is 2.72. The molecule has 28 heavy (non-hydrogen) atoms. The van der Waals surface area contributed by atoms with Gasteiger partial charge in [-0.1, -0.05) is 45.2 Å². The molecule has 1 saturated carbocycles. The second-order valence-electron chi connectivity index (χ2n) is 8.33. The Balaban J connectivity index is 1.58. The molecule has 3 rings (SSSR count). The van der Waals surface area contributed by atoms with Crippen molar-refractivity contribution in [3.8, 4) is 0 Å². The molecule has 1 aliphatic carbocycles. The highest BCUT2D eigenvalue weighted by Gasteiger charge is 2.33. The predicted molar refractivity (Wildman–Crippen MR) is 109 cm³/mol. The zero-order chi connectivity index (χ0) is 20.1. The number of nitrogens with zero attached hydrogens (tertiary/aromatic N) is 2. The molecule has 1 atom stereocenters. The Labute approximate surface area is 167 Å². The third-order valence-corrected chi connectivity index (χ3v) is 5.99. The van der Waals surface area contributed by atoms with Gasteiger partial charge in [0.15, 0.2) is 0 Å². The summed E-state index contributed by atoms with van der Waals surface area (Å²) in [6.45, 7) is 6.20. The summed E-state index contributed by atoms with van der Waals surface area (Å²) in [5.41, 5.74) is 0.584. The molecule has 0 aromatic heterocycles. The number of hydrogen-bond acceptors (Lipinski definition) is 3. The van der Waals surface area contributed by atoms with Gasteiger partial charge in [-0.2, -0.15) is 0 Å². The predicted octanol–water partition coefficient (Wildman–Crippen LogP) is 3.20. The molecule has 1 aliphatic heterocycles. The fraction of sp³-hybridized carbons (Fsp3) is 0.636. The van der Waals surface area contributed by atoms with E-state index in [-0.39, 0.29) is 29.5 Å². The Morgan fingerprint density at radius 3 is 2.29 bits per heavy atom. The molecule has 1 aromatic rings. The minimum absolute atomic E-state index is 0.0210. The van der Waals surface area contributed by atoms with Gasteiger partial charge in [-0.3, -0.25) is 9.59 Å². The van der Waals surface area contributed by atoms with Gasteiger partial charge in [0.1, 0.15) is 11.9 Å². The minimum atomic E-state index is -0.491. The average molecular weight is 390 g/mol. The van der Waals surface area contributed by atoms with Crippen molar-refractivity contribution in [2.75, 3.05) is 31.1 Å². The van der Waals surface area contributed by atoms with Crippen molar-refractivity contribution in [2.45, 2.75) is 52.0 Å². The van der Waals surface area contributed by atoms with Gasteiger partial charge in [-0.15, -0.1) is 0 Å². The van der Waals surface area contributed by atoms with Crippen LogP contribution >= 0.6 is 0 Å². The smallest absolute Gasteiger partial charge is 0.245 e. The van der Waals surface area contributed by atoms with E-state index in [1.54, 1.807) is 12.1 Å². The third kappa shape index (κ3) is 4.83. The summed E-state index contributed by atoms with van der Waals surface area (Å²) in [6.07, 6.45) is 5.23. The Bertz CT molecular complexity index is 680. The van der Waals surface area contributed by atoms with Crippen LogP contribution in [0.4, 0.5) is 10.1 Å². The molecule has 154 valence electrons. The molecular weight excluding hydrogens is 357 g/mol. The number of hydrogen-bond donors (Lipinski definition) is 1. The molecule has 1 N–H and O–H groups in total. The molecule has 2 aliphatic rings.